The van der Waals surface area contributed by atoms with Crippen LogP contribution in [0, 0.1) is 11.8 Å². The third-order valence-corrected chi connectivity index (χ3v) is 2.99. The average molecular weight is 278 g/mol. The molecule has 2 aromatic heterocycles. The van der Waals surface area contributed by atoms with Gasteiger partial charge in [-0.3, -0.25) is 0 Å². The van der Waals surface area contributed by atoms with Gasteiger partial charge < -0.3 is 9.15 Å². The Morgan fingerprint density at radius 3 is 2.95 bits per heavy atom. The van der Waals surface area contributed by atoms with Crippen LogP contribution >= 0.6 is 0 Å². The van der Waals surface area contributed by atoms with Crippen molar-refractivity contribution in [3.8, 4) is 17.6 Å². The first-order valence-corrected chi connectivity index (χ1v) is 6.69. The number of aryl methyl sites for hydroxylation is 1. The number of methoxy groups -OCH3 is 1. The lowest BCUT2D eigenvalue weighted by atomic mass is 10.3. The number of oxazole rings is 1. The summed E-state index contributed by atoms with van der Waals surface area (Å²) in [5.41, 5.74) is 2.27. The molecular formula is C17H14N2O2. The number of rotatable bonds is 3. The van der Waals surface area contributed by atoms with E-state index in [2.05, 4.69) is 21.8 Å². The summed E-state index contributed by atoms with van der Waals surface area (Å²) < 4.78 is 11.0. The minimum atomic E-state index is 0.664. The number of ether oxygens (including phenoxy) is 1. The van der Waals surface area contributed by atoms with Crippen LogP contribution in [0.2, 0.25) is 0 Å². The fraction of sp³-hybridized carbons (Fsp3) is 0.176. The van der Waals surface area contributed by atoms with Crippen LogP contribution in [0.3, 0.4) is 0 Å². The molecule has 0 N–H and O–H groups in total. The summed E-state index contributed by atoms with van der Waals surface area (Å²) >= 11 is 0. The number of nitrogens with zero attached hydrogens (tertiary/aromatic N) is 2. The molecule has 3 rings (SSSR count). The molecular weight excluding hydrogens is 264 g/mol. The second-order valence-corrected chi connectivity index (χ2v) is 4.43. The van der Waals surface area contributed by atoms with Crippen molar-refractivity contribution in [3.05, 3.63) is 54.2 Å². The molecule has 21 heavy (non-hydrogen) atoms. The van der Waals surface area contributed by atoms with Gasteiger partial charge in [0.1, 0.15) is 11.4 Å². The first-order valence-electron chi connectivity index (χ1n) is 6.69. The number of hydrogen-bond donors (Lipinski definition) is 0. The summed E-state index contributed by atoms with van der Waals surface area (Å²) in [5, 5.41) is 0. The number of pyridine rings is 1. The molecule has 0 aliphatic carbocycles. The molecule has 0 spiro atoms. The molecule has 104 valence electrons. The molecule has 0 atom stereocenters. The van der Waals surface area contributed by atoms with Gasteiger partial charge in [-0.05, 0) is 30.2 Å². The van der Waals surface area contributed by atoms with Gasteiger partial charge in [0, 0.05) is 19.0 Å². The van der Waals surface area contributed by atoms with E-state index in [9.17, 15) is 0 Å². The van der Waals surface area contributed by atoms with E-state index in [1.165, 1.54) is 0 Å². The smallest absolute Gasteiger partial charge is 0.196 e. The molecule has 0 saturated heterocycles. The molecule has 4 heteroatoms. The highest BCUT2D eigenvalue weighted by molar-refractivity contribution is 5.79. The maximum absolute atomic E-state index is 5.69. The molecule has 0 fully saturated rings. The number of para-hydroxylation sites is 1. The van der Waals surface area contributed by atoms with Gasteiger partial charge in [0.05, 0.1) is 7.11 Å². The van der Waals surface area contributed by atoms with E-state index < -0.39 is 0 Å². The molecule has 0 aliphatic heterocycles. The number of hydrogen-bond acceptors (Lipinski definition) is 4. The summed E-state index contributed by atoms with van der Waals surface area (Å²) in [7, 11) is 1.63. The standard InChI is InChI=1S/C17H14N2O2/c1-20-14-9-6-10-15-17(14)19-16(21-15)11-3-2-7-13-8-4-5-12-18-13/h4-6,8-10,12H,3,11H2,1H3. The lowest BCUT2D eigenvalue weighted by molar-refractivity contribution is 0.419. The minimum absolute atomic E-state index is 0.664. The van der Waals surface area contributed by atoms with Crippen LogP contribution in [-0.4, -0.2) is 17.1 Å². The molecule has 3 aromatic rings. The first-order chi connectivity index (χ1) is 10.4. The Morgan fingerprint density at radius 1 is 1.19 bits per heavy atom. The largest absolute Gasteiger partial charge is 0.494 e. The van der Waals surface area contributed by atoms with Crippen LogP contribution in [0.15, 0.2) is 47.0 Å². The summed E-state index contributed by atoms with van der Waals surface area (Å²) in [4.78, 5) is 8.60. The second kappa shape index (κ2) is 6.10. The molecule has 2 heterocycles. The van der Waals surface area contributed by atoms with Gasteiger partial charge >= 0.3 is 0 Å². The molecule has 0 unspecified atom stereocenters. The van der Waals surface area contributed by atoms with Crippen molar-refractivity contribution in [3.63, 3.8) is 0 Å². The molecule has 1 aromatic carbocycles. The predicted molar refractivity (Wildman–Crippen MR) is 80.0 cm³/mol. The predicted octanol–water partition coefficient (Wildman–Crippen LogP) is 3.22. The van der Waals surface area contributed by atoms with E-state index in [1.807, 2.05) is 36.4 Å². The minimum Gasteiger partial charge on any atom is -0.494 e. The van der Waals surface area contributed by atoms with E-state index in [-0.39, 0.29) is 0 Å². The van der Waals surface area contributed by atoms with Crippen LogP contribution in [0.4, 0.5) is 0 Å². The Kier molecular flexibility index (Phi) is 3.83. The van der Waals surface area contributed by atoms with Crippen LogP contribution in [0.5, 0.6) is 5.75 Å². The van der Waals surface area contributed by atoms with Gasteiger partial charge in [-0.15, -0.1) is 0 Å². The number of fused-ring (bicyclic) bond motifs is 1. The Labute approximate surface area is 122 Å². The van der Waals surface area contributed by atoms with E-state index in [0.717, 1.165) is 22.5 Å². The van der Waals surface area contributed by atoms with Gasteiger partial charge in [-0.2, -0.15) is 0 Å². The monoisotopic (exact) mass is 278 g/mol. The highest BCUT2D eigenvalue weighted by atomic mass is 16.5. The lowest BCUT2D eigenvalue weighted by Crippen LogP contribution is -1.85. The van der Waals surface area contributed by atoms with Gasteiger partial charge in [-0.25, -0.2) is 9.97 Å². The molecule has 0 bridgehead atoms. The number of aromatic nitrogens is 2. The normalized spacial score (nSPS) is 10.1. The van der Waals surface area contributed by atoms with E-state index in [1.54, 1.807) is 13.3 Å². The summed E-state index contributed by atoms with van der Waals surface area (Å²) in [6.45, 7) is 0. The second-order valence-electron chi connectivity index (χ2n) is 4.43. The highest BCUT2D eigenvalue weighted by Crippen LogP contribution is 2.25. The van der Waals surface area contributed by atoms with Crippen molar-refractivity contribution in [1.82, 2.24) is 9.97 Å². The third kappa shape index (κ3) is 3.03. The Morgan fingerprint density at radius 2 is 2.14 bits per heavy atom. The maximum Gasteiger partial charge on any atom is 0.196 e. The van der Waals surface area contributed by atoms with Crippen molar-refractivity contribution in [2.24, 2.45) is 0 Å². The molecule has 0 aliphatic rings. The zero-order valence-electron chi connectivity index (χ0n) is 11.7. The first kappa shape index (κ1) is 13.2. The van der Waals surface area contributed by atoms with Crippen molar-refractivity contribution in [2.45, 2.75) is 12.8 Å². The lowest BCUT2D eigenvalue weighted by Gasteiger charge is -1.96. The summed E-state index contributed by atoms with van der Waals surface area (Å²) in [5.74, 6) is 7.49. The Bertz CT molecular complexity index is 798. The van der Waals surface area contributed by atoms with Gasteiger partial charge in [-0.1, -0.05) is 18.1 Å². The molecule has 0 amide bonds. The number of benzene rings is 1. The van der Waals surface area contributed by atoms with Gasteiger partial charge in [0.2, 0.25) is 0 Å². The van der Waals surface area contributed by atoms with Crippen LogP contribution in [0.25, 0.3) is 11.1 Å². The van der Waals surface area contributed by atoms with E-state index in [4.69, 9.17) is 9.15 Å². The highest BCUT2D eigenvalue weighted by Gasteiger charge is 2.09. The zero-order valence-corrected chi connectivity index (χ0v) is 11.7. The fourth-order valence-corrected chi connectivity index (χ4v) is 2.00. The molecule has 0 saturated carbocycles. The van der Waals surface area contributed by atoms with Crippen molar-refractivity contribution >= 4 is 11.1 Å². The fourth-order valence-electron chi connectivity index (χ4n) is 2.00. The van der Waals surface area contributed by atoms with Crippen LogP contribution < -0.4 is 4.74 Å². The Hall–Kier alpha value is -2.80. The van der Waals surface area contributed by atoms with Crippen molar-refractivity contribution in [1.29, 1.82) is 0 Å². The van der Waals surface area contributed by atoms with Gasteiger partial charge in [0.25, 0.3) is 0 Å². The van der Waals surface area contributed by atoms with Crippen molar-refractivity contribution < 1.29 is 9.15 Å². The SMILES string of the molecule is COc1cccc2oc(CCC#Cc3ccccn3)nc12. The molecule has 4 nitrogen and oxygen atoms in total. The van der Waals surface area contributed by atoms with E-state index >= 15 is 0 Å². The zero-order chi connectivity index (χ0) is 14.5. The average Bonchev–Trinajstić information content (AvgIpc) is 2.95. The van der Waals surface area contributed by atoms with Gasteiger partial charge in [0.15, 0.2) is 17.0 Å². The third-order valence-electron chi connectivity index (χ3n) is 2.99. The maximum atomic E-state index is 5.69. The van der Waals surface area contributed by atoms with E-state index in [0.29, 0.717) is 18.7 Å². The summed E-state index contributed by atoms with van der Waals surface area (Å²) in [6.07, 6.45) is 3.07. The Balaban J connectivity index is 1.70. The van der Waals surface area contributed by atoms with Crippen molar-refractivity contribution in [2.75, 3.05) is 7.11 Å². The topological polar surface area (TPSA) is 48.2 Å². The van der Waals surface area contributed by atoms with Crippen LogP contribution in [0.1, 0.15) is 18.0 Å². The quantitative estimate of drug-likeness (QED) is 0.690. The molecule has 0 radical (unpaired) electrons. The van der Waals surface area contributed by atoms with Crippen LogP contribution in [-0.2, 0) is 6.42 Å². The summed E-state index contributed by atoms with van der Waals surface area (Å²) in [6, 6.07) is 11.3.